The fraction of sp³-hybridized carbons (Fsp3) is 0.600. The zero-order valence-corrected chi connectivity index (χ0v) is 11.9. The standard InChI is InChI=1S/C15H25NO2/c1-5-12(3)16(4)11-14(17)13-9-7-8-10-15(13)18-6-2/h7-10,12,14,17H,5-6,11H2,1-4H3. The minimum Gasteiger partial charge on any atom is -0.493 e. The Morgan fingerprint density at radius 3 is 2.56 bits per heavy atom. The number of aliphatic hydroxyl groups excluding tert-OH is 1. The van der Waals surface area contributed by atoms with Crippen molar-refractivity contribution in [1.29, 1.82) is 0 Å². The number of hydrogen-bond acceptors (Lipinski definition) is 3. The molecule has 1 aromatic carbocycles. The monoisotopic (exact) mass is 251 g/mol. The quantitative estimate of drug-likeness (QED) is 0.809. The van der Waals surface area contributed by atoms with Crippen LogP contribution in [-0.2, 0) is 0 Å². The van der Waals surface area contributed by atoms with Crippen LogP contribution in [0.5, 0.6) is 5.75 Å². The summed E-state index contributed by atoms with van der Waals surface area (Å²) in [5.41, 5.74) is 0.870. The van der Waals surface area contributed by atoms with Gasteiger partial charge < -0.3 is 14.7 Å². The number of aliphatic hydroxyl groups is 1. The van der Waals surface area contributed by atoms with Gasteiger partial charge in [-0.15, -0.1) is 0 Å². The van der Waals surface area contributed by atoms with Crippen molar-refractivity contribution in [2.75, 3.05) is 20.2 Å². The van der Waals surface area contributed by atoms with Crippen molar-refractivity contribution in [1.82, 2.24) is 4.90 Å². The number of hydrogen-bond donors (Lipinski definition) is 1. The lowest BCUT2D eigenvalue weighted by Gasteiger charge is -2.26. The fourth-order valence-electron chi connectivity index (χ4n) is 1.91. The van der Waals surface area contributed by atoms with Crippen LogP contribution >= 0.6 is 0 Å². The van der Waals surface area contributed by atoms with Crippen molar-refractivity contribution in [3.63, 3.8) is 0 Å². The summed E-state index contributed by atoms with van der Waals surface area (Å²) in [5.74, 6) is 0.782. The first kappa shape index (κ1) is 15.0. The largest absolute Gasteiger partial charge is 0.493 e. The summed E-state index contributed by atoms with van der Waals surface area (Å²) in [7, 11) is 2.04. The second-order valence-corrected chi connectivity index (χ2v) is 4.68. The zero-order chi connectivity index (χ0) is 13.5. The minimum absolute atomic E-state index is 0.471. The van der Waals surface area contributed by atoms with Crippen LogP contribution in [0.4, 0.5) is 0 Å². The van der Waals surface area contributed by atoms with Gasteiger partial charge in [-0.2, -0.15) is 0 Å². The van der Waals surface area contributed by atoms with E-state index in [4.69, 9.17) is 4.74 Å². The third-order valence-corrected chi connectivity index (χ3v) is 3.38. The molecule has 0 saturated heterocycles. The third kappa shape index (κ3) is 4.00. The molecule has 0 aliphatic heterocycles. The Bertz CT molecular complexity index is 354. The second-order valence-electron chi connectivity index (χ2n) is 4.68. The van der Waals surface area contributed by atoms with Crippen molar-refractivity contribution in [3.8, 4) is 5.75 Å². The second kappa shape index (κ2) is 7.39. The molecule has 0 heterocycles. The summed E-state index contributed by atoms with van der Waals surface area (Å²) in [6.07, 6.45) is 0.572. The van der Waals surface area contributed by atoms with Gasteiger partial charge in [-0.1, -0.05) is 25.1 Å². The normalized spacial score (nSPS) is 14.6. The molecular weight excluding hydrogens is 226 g/mol. The molecule has 0 aliphatic rings. The molecule has 0 fully saturated rings. The van der Waals surface area contributed by atoms with E-state index in [-0.39, 0.29) is 0 Å². The van der Waals surface area contributed by atoms with Crippen molar-refractivity contribution in [2.24, 2.45) is 0 Å². The molecule has 2 atom stereocenters. The lowest BCUT2D eigenvalue weighted by Crippen LogP contribution is -2.32. The van der Waals surface area contributed by atoms with Crippen molar-refractivity contribution in [3.05, 3.63) is 29.8 Å². The smallest absolute Gasteiger partial charge is 0.125 e. The van der Waals surface area contributed by atoms with Gasteiger partial charge in [0, 0.05) is 18.2 Å². The van der Waals surface area contributed by atoms with E-state index in [0.29, 0.717) is 19.2 Å². The highest BCUT2D eigenvalue weighted by molar-refractivity contribution is 5.35. The van der Waals surface area contributed by atoms with E-state index in [1.54, 1.807) is 0 Å². The van der Waals surface area contributed by atoms with Gasteiger partial charge in [0.2, 0.25) is 0 Å². The van der Waals surface area contributed by atoms with Crippen LogP contribution in [0.15, 0.2) is 24.3 Å². The van der Waals surface area contributed by atoms with Gasteiger partial charge in [-0.3, -0.25) is 0 Å². The molecule has 3 nitrogen and oxygen atoms in total. The average Bonchev–Trinajstić information content (AvgIpc) is 2.38. The van der Waals surface area contributed by atoms with Gasteiger partial charge in [0.05, 0.1) is 12.7 Å². The molecule has 18 heavy (non-hydrogen) atoms. The molecule has 1 rings (SSSR count). The van der Waals surface area contributed by atoms with Gasteiger partial charge in [0.1, 0.15) is 5.75 Å². The first-order valence-electron chi connectivity index (χ1n) is 6.70. The highest BCUT2D eigenvalue weighted by Gasteiger charge is 2.17. The van der Waals surface area contributed by atoms with Crippen LogP contribution < -0.4 is 4.74 Å². The van der Waals surface area contributed by atoms with Gasteiger partial charge in [0.25, 0.3) is 0 Å². The van der Waals surface area contributed by atoms with Crippen LogP contribution in [-0.4, -0.2) is 36.2 Å². The Morgan fingerprint density at radius 1 is 1.28 bits per heavy atom. The number of benzene rings is 1. The molecule has 0 amide bonds. The molecule has 102 valence electrons. The Kier molecular flexibility index (Phi) is 6.16. The van der Waals surface area contributed by atoms with Crippen molar-refractivity contribution < 1.29 is 9.84 Å². The van der Waals surface area contributed by atoms with Crippen LogP contribution in [0.2, 0.25) is 0 Å². The van der Waals surface area contributed by atoms with Crippen molar-refractivity contribution >= 4 is 0 Å². The Morgan fingerprint density at radius 2 is 1.94 bits per heavy atom. The summed E-state index contributed by atoms with van der Waals surface area (Å²) >= 11 is 0. The topological polar surface area (TPSA) is 32.7 Å². The molecule has 0 saturated carbocycles. The van der Waals surface area contributed by atoms with E-state index in [2.05, 4.69) is 18.7 Å². The Balaban J connectivity index is 2.74. The summed E-state index contributed by atoms with van der Waals surface area (Å²) in [6.45, 7) is 7.52. The summed E-state index contributed by atoms with van der Waals surface area (Å²) in [5, 5.41) is 10.3. The number of rotatable bonds is 7. The molecular formula is C15H25NO2. The highest BCUT2D eigenvalue weighted by Crippen LogP contribution is 2.25. The van der Waals surface area contributed by atoms with E-state index in [0.717, 1.165) is 17.7 Å². The highest BCUT2D eigenvalue weighted by atomic mass is 16.5. The van der Waals surface area contributed by atoms with Crippen molar-refractivity contribution in [2.45, 2.75) is 39.3 Å². The number of ether oxygens (including phenoxy) is 1. The molecule has 0 bridgehead atoms. The van der Waals surface area contributed by atoms with E-state index in [9.17, 15) is 5.11 Å². The van der Waals surface area contributed by atoms with E-state index in [1.165, 1.54) is 0 Å². The molecule has 3 heteroatoms. The maximum atomic E-state index is 10.3. The number of nitrogens with zero attached hydrogens (tertiary/aromatic N) is 1. The minimum atomic E-state index is -0.508. The predicted octanol–water partition coefficient (Wildman–Crippen LogP) is 2.85. The number of para-hydroxylation sites is 1. The van der Waals surface area contributed by atoms with Crippen LogP contribution in [0.25, 0.3) is 0 Å². The van der Waals surface area contributed by atoms with Crippen LogP contribution in [0.1, 0.15) is 38.9 Å². The van der Waals surface area contributed by atoms with E-state index < -0.39 is 6.10 Å². The molecule has 0 aliphatic carbocycles. The van der Waals surface area contributed by atoms with Crippen LogP contribution in [0, 0.1) is 0 Å². The van der Waals surface area contributed by atoms with Gasteiger partial charge >= 0.3 is 0 Å². The lowest BCUT2D eigenvalue weighted by molar-refractivity contribution is 0.104. The fourth-order valence-corrected chi connectivity index (χ4v) is 1.91. The zero-order valence-electron chi connectivity index (χ0n) is 11.9. The molecule has 2 unspecified atom stereocenters. The van der Waals surface area contributed by atoms with Gasteiger partial charge in [-0.05, 0) is 33.4 Å². The molecule has 1 N–H and O–H groups in total. The SMILES string of the molecule is CCOc1ccccc1C(O)CN(C)C(C)CC. The van der Waals surface area contributed by atoms with Gasteiger partial charge in [0.15, 0.2) is 0 Å². The first-order chi connectivity index (χ1) is 8.60. The maximum Gasteiger partial charge on any atom is 0.125 e. The Labute approximate surface area is 110 Å². The first-order valence-corrected chi connectivity index (χ1v) is 6.70. The maximum absolute atomic E-state index is 10.3. The molecule has 1 aromatic rings. The van der Waals surface area contributed by atoms with E-state index >= 15 is 0 Å². The number of likely N-dealkylation sites (N-methyl/N-ethyl adjacent to an activating group) is 1. The third-order valence-electron chi connectivity index (χ3n) is 3.38. The van der Waals surface area contributed by atoms with Gasteiger partial charge in [-0.25, -0.2) is 0 Å². The summed E-state index contributed by atoms with van der Waals surface area (Å²) < 4.78 is 5.55. The van der Waals surface area contributed by atoms with E-state index in [1.807, 2.05) is 38.2 Å². The molecule has 0 radical (unpaired) electrons. The molecule has 0 aromatic heterocycles. The predicted molar refractivity (Wildman–Crippen MR) is 75.0 cm³/mol. The summed E-state index contributed by atoms with van der Waals surface area (Å²) in [6, 6.07) is 8.17. The molecule has 0 spiro atoms. The Hall–Kier alpha value is -1.06. The summed E-state index contributed by atoms with van der Waals surface area (Å²) in [4.78, 5) is 2.17. The van der Waals surface area contributed by atoms with Crippen LogP contribution in [0.3, 0.4) is 0 Å². The average molecular weight is 251 g/mol. The lowest BCUT2D eigenvalue weighted by atomic mass is 10.1.